The number of aryl methyl sites for hydroxylation is 1. The van der Waals surface area contributed by atoms with Crippen molar-refractivity contribution in [3.8, 4) is 5.75 Å². The molecule has 196 valence electrons. The fraction of sp³-hybridized carbons (Fsp3) is 0.429. The van der Waals surface area contributed by atoms with E-state index in [-0.39, 0.29) is 17.9 Å². The SMILES string of the molecule is CCOC(=O)c1sc2nc(SCc3cc(C(C)=O)ccc3OC)n(CCC3=CCCCC3)c(=O)c2c1C. The molecule has 2 aromatic heterocycles. The quantitative estimate of drug-likeness (QED) is 0.0975. The molecule has 0 spiro atoms. The monoisotopic (exact) mass is 540 g/mol. The molecule has 0 radical (unpaired) electrons. The van der Waals surface area contributed by atoms with E-state index in [0.717, 1.165) is 24.8 Å². The van der Waals surface area contributed by atoms with Crippen LogP contribution in [-0.2, 0) is 17.0 Å². The first kappa shape index (κ1) is 27.1. The van der Waals surface area contributed by atoms with Crippen LogP contribution in [0.1, 0.15) is 77.1 Å². The van der Waals surface area contributed by atoms with Gasteiger partial charge in [-0.2, -0.15) is 0 Å². The average Bonchev–Trinajstić information content (AvgIpc) is 3.23. The van der Waals surface area contributed by atoms with Crippen LogP contribution in [0, 0.1) is 6.92 Å². The number of rotatable bonds is 10. The standard InChI is InChI=1S/C28H32N2O5S2/c1-5-35-27(33)24-17(2)23-25(37-24)29-28(30(26(23)32)14-13-19-9-7-6-8-10-19)36-16-21-15-20(18(3)31)11-12-22(21)34-4/h9,11-12,15H,5-8,10,13-14,16H2,1-4H3. The minimum Gasteiger partial charge on any atom is -0.496 e. The number of methoxy groups -OCH3 is 1. The van der Waals surface area contributed by atoms with Gasteiger partial charge in [-0.25, -0.2) is 9.78 Å². The fourth-order valence-electron chi connectivity index (χ4n) is 4.54. The number of aromatic nitrogens is 2. The van der Waals surface area contributed by atoms with Crippen molar-refractivity contribution >= 4 is 45.1 Å². The predicted molar refractivity (Wildman–Crippen MR) is 148 cm³/mol. The maximum Gasteiger partial charge on any atom is 0.348 e. The van der Waals surface area contributed by atoms with Crippen LogP contribution in [0.4, 0.5) is 0 Å². The van der Waals surface area contributed by atoms with Gasteiger partial charge in [0.25, 0.3) is 5.56 Å². The molecule has 1 aliphatic carbocycles. The molecule has 0 bridgehead atoms. The zero-order chi connectivity index (χ0) is 26.5. The van der Waals surface area contributed by atoms with Crippen molar-refractivity contribution in [1.82, 2.24) is 9.55 Å². The Morgan fingerprint density at radius 1 is 1.24 bits per heavy atom. The lowest BCUT2D eigenvalue weighted by Crippen LogP contribution is -2.24. The summed E-state index contributed by atoms with van der Waals surface area (Å²) >= 11 is 2.63. The summed E-state index contributed by atoms with van der Waals surface area (Å²) in [4.78, 5) is 44.1. The second-order valence-corrected chi connectivity index (χ2v) is 11.0. The summed E-state index contributed by atoms with van der Waals surface area (Å²) in [6.07, 6.45) is 7.62. The third-order valence-corrected chi connectivity index (χ3v) is 8.75. The Labute approximate surface area is 224 Å². The maximum absolute atomic E-state index is 13.8. The van der Waals surface area contributed by atoms with Gasteiger partial charge in [0.1, 0.15) is 15.5 Å². The number of Topliss-reactive ketones (excluding diaryl/α,β-unsaturated/α-hetero) is 1. The van der Waals surface area contributed by atoms with E-state index in [4.69, 9.17) is 14.5 Å². The number of thiophene rings is 1. The lowest BCUT2D eigenvalue weighted by molar-refractivity contribution is 0.0531. The molecule has 0 amide bonds. The second kappa shape index (κ2) is 12.1. The van der Waals surface area contributed by atoms with Crippen LogP contribution in [0.2, 0.25) is 0 Å². The highest BCUT2D eigenvalue weighted by Gasteiger charge is 2.23. The number of carbonyl (C=O) groups excluding carboxylic acids is 2. The fourth-order valence-corrected chi connectivity index (χ4v) is 6.66. The average molecular weight is 541 g/mol. The summed E-state index contributed by atoms with van der Waals surface area (Å²) in [6, 6.07) is 5.37. The van der Waals surface area contributed by atoms with Gasteiger partial charge in [0.05, 0.1) is 19.1 Å². The summed E-state index contributed by atoms with van der Waals surface area (Å²) in [6.45, 7) is 5.86. The van der Waals surface area contributed by atoms with Crippen LogP contribution in [0.3, 0.4) is 0 Å². The molecule has 0 saturated heterocycles. The third-order valence-electron chi connectivity index (χ3n) is 6.56. The molecule has 9 heteroatoms. The Morgan fingerprint density at radius 2 is 2.05 bits per heavy atom. The molecule has 1 aliphatic rings. The molecule has 0 N–H and O–H groups in total. The Balaban J connectivity index is 1.74. The largest absolute Gasteiger partial charge is 0.496 e. The van der Waals surface area contributed by atoms with Crippen molar-refractivity contribution in [3.63, 3.8) is 0 Å². The van der Waals surface area contributed by atoms with Gasteiger partial charge >= 0.3 is 5.97 Å². The van der Waals surface area contributed by atoms with E-state index in [1.165, 1.54) is 48.4 Å². The third kappa shape index (κ3) is 5.99. The van der Waals surface area contributed by atoms with E-state index in [1.54, 1.807) is 37.7 Å². The Hall–Kier alpha value is -2.91. The molecule has 3 aromatic rings. The van der Waals surface area contributed by atoms with E-state index in [0.29, 0.717) is 49.4 Å². The van der Waals surface area contributed by atoms with Crippen LogP contribution in [0.5, 0.6) is 5.75 Å². The zero-order valence-corrected chi connectivity index (χ0v) is 23.4. The Kier molecular flexibility index (Phi) is 8.87. The number of fused-ring (bicyclic) bond motifs is 1. The lowest BCUT2D eigenvalue weighted by atomic mass is 9.97. The molecular formula is C28H32N2O5S2. The number of hydrogen-bond acceptors (Lipinski definition) is 8. The summed E-state index contributed by atoms with van der Waals surface area (Å²) in [7, 11) is 1.60. The first-order chi connectivity index (χ1) is 17.8. The molecule has 0 aliphatic heterocycles. The summed E-state index contributed by atoms with van der Waals surface area (Å²) in [5.41, 5.74) is 3.31. The molecule has 1 aromatic carbocycles. The topological polar surface area (TPSA) is 87.5 Å². The molecule has 0 saturated carbocycles. The van der Waals surface area contributed by atoms with E-state index < -0.39 is 5.97 Å². The van der Waals surface area contributed by atoms with Crippen LogP contribution in [0.25, 0.3) is 10.2 Å². The van der Waals surface area contributed by atoms with E-state index in [1.807, 2.05) is 6.07 Å². The predicted octanol–water partition coefficient (Wildman–Crippen LogP) is 6.34. The van der Waals surface area contributed by atoms with Gasteiger partial charge in [-0.05, 0) is 76.6 Å². The van der Waals surface area contributed by atoms with Crippen LogP contribution >= 0.6 is 23.1 Å². The summed E-state index contributed by atoms with van der Waals surface area (Å²) in [5, 5.41) is 1.06. The van der Waals surface area contributed by atoms with Gasteiger partial charge in [-0.1, -0.05) is 23.4 Å². The Bertz CT molecular complexity index is 1420. The van der Waals surface area contributed by atoms with Crippen molar-refractivity contribution < 1.29 is 19.1 Å². The number of carbonyl (C=O) groups is 2. The number of hydrogen-bond donors (Lipinski definition) is 0. The van der Waals surface area contributed by atoms with Gasteiger partial charge in [0.2, 0.25) is 0 Å². The molecule has 0 fully saturated rings. The minimum absolute atomic E-state index is 0.0216. The van der Waals surface area contributed by atoms with Crippen LogP contribution in [-0.4, -0.2) is 35.0 Å². The molecule has 37 heavy (non-hydrogen) atoms. The molecule has 7 nitrogen and oxygen atoms in total. The molecular weight excluding hydrogens is 508 g/mol. The number of ketones is 1. The van der Waals surface area contributed by atoms with Crippen LogP contribution in [0.15, 0.2) is 39.8 Å². The van der Waals surface area contributed by atoms with E-state index >= 15 is 0 Å². The number of allylic oxidation sites excluding steroid dienone is 2. The van der Waals surface area contributed by atoms with E-state index in [9.17, 15) is 14.4 Å². The summed E-state index contributed by atoms with van der Waals surface area (Å²) < 4.78 is 12.5. The highest BCUT2D eigenvalue weighted by molar-refractivity contribution is 7.98. The number of nitrogens with zero attached hydrogens (tertiary/aromatic N) is 2. The van der Waals surface area contributed by atoms with Crippen molar-refractivity contribution in [2.24, 2.45) is 0 Å². The van der Waals surface area contributed by atoms with Crippen molar-refractivity contribution in [1.29, 1.82) is 0 Å². The first-order valence-electron chi connectivity index (χ1n) is 12.5. The van der Waals surface area contributed by atoms with Gasteiger partial charge < -0.3 is 9.47 Å². The van der Waals surface area contributed by atoms with Crippen LogP contribution < -0.4 is 10.3 Å². The zero-order valence-electron chi connectivity index (χ0n) is 21.7. The maximum atomic E-state index is 13.8. The number of ether oxygens (including phenoxy) is 2. The molecule has 0 atom stereocenters. The minimum atomic E-state index is -0.429. The van der Waals surface area contributed by atoms with Crippen molar-refractivity contribution in [2.75, 3.05) is 13.7 Å². The first-order valence-corrected chi connectivity index (χ1v) is 14.3. The number of esters is 1. The molecule has 0 unspecified atom stereocenters. The second-order valence-electron chi connectivity index (χ2n) is 9.04. The summed E-state index contributed by atoms with van der Waals surface area (Å²) in [5.74, 6) is 0.699. The molecule has 2 heterocycles. The van der Waals surface area contributed by atoms with Gasteiger partial charge in [0.15, 0.2) is 10.9 Å². The van der Waals surface area contributed by atoms with Crippen molar-refractivity contribution in [3.05, 3.63) is 61.8 Å². The Morgan fingerprint density at radius 3 is 2.73 bits per heavy atom. The van der Waals surface area contributed by atoms with Gasteiger partial charge in [0, 0.05) is 23.4 Å². The smallest absolute Gasteiger partial charge is 0.348 e. The van der Waals surface area contributed by atoms with Gasteiger partial charge in [-0.3, -0.25) is 14.2 Å². The molecule has 4 rings (SSSR count). The highest BCUT2D eigenvalue weighted by atomic mass is 32.2. The lowest BCUT2D eigenvalue weighted by Gasteiger charge is -2.16. The normalized spacial score (nSPS) is 13.5. The van der Waals surface area contributed by atoms with Gasteiger partial charge in [-0.15, -0.1) is 11.3 Å². The van der Waals surface area contributed by atoms with Crippen molar-refractivity contribution in [2.45, 2.75) is 70.3 Å². The number of thioether (sulfide) groups is 1. The number of benzene rings is 1. The highest BCUT2D eigenvalue weighted by Crippen LogP contribution is 2.33. The van der Waals surface area contributed by atoms with E-state index in [2.05, 4.69) is 6.08 Å².